The fraction of sp³-hybridized carbons (Fsp3) is 0.750. The van der Waals surface area contributed by atoms with Gasteiger partial charge in [0.25, 0.3) is 0 Å². The first kappa shape index (κ1) is 13.1. The van der Waals surface area contributed by atoms with Crippen molar-refractivity contribution in [2.45, 2.75) is 38.7 Å². The van der Waals surface area contributed by atoms with E-state index in [2.05, 4.69) is 21.0 Å². The summed E-state index contributed by atoms with van der Waals surface area (Å²) in [6, 6.07) is 0. The summed E-state index contributed by atoms with van der Waals surface area (Å²) in [5.41, 5.74) is 7.87. The average Bonchev–Trinajstić information content (AvgIpc) is 2.76. The van der Waals surface area contributed by atoms with Crippen LogP contribution in [0.2, 0.25) is 0 Å². The van der Waals surface area contributed by atoms with Gasteiger partial charge in [-0.1, -0.05) is 6.42 Å². The molecule has 2 unspecified atom stereocenters. The van der Waals surface area contributed by atoms with Gasteiger partial charge < -0.3 is 10.8 Å². The lowest BCUT2D eigenvalue weighted by Crippen LogP contribution is -2.40. The minimum absolute atomic E-state index is 0.164. The smallest absolute Gasteiger partial charge is 0.0738 e. The van der Waals surface area contributed by atoms with Crippen LogP contribution in [0.5, 0.6) is 0 Å². The van der Waals surface area contributed by atoms with Crippen LogP contribution in [0.3, 0.4) is 0 Å². The van der Waals surface area contributed by atoms with Gasteiger partial charge in [0.2, 0.25) is 0 Å². The molecule has 0 amide bonds. The molecule has 1 aliphatic carbocycles. The van der Waals surface area contributed by atoms with Crippen LogP contribution in [0.4, 0.5) is 0 Å². The van der Waals surface area contributed by atoms with Gasteiger partial charge in [-0.2, -0.15) is 5.10 Å². The van der Waals surface area contributed by atoms with E-state index in [-0.39, 0.29) is 11.5 Å². The van der Waals surface area contributed by atoms with Crippen molar-refractivity contribution in [1.82, 2.24) is 9.78 Å². The molecule has 4 nitrogen and oxygen atoms in total. The third kappa shape index (κ3) is 2.16. The van der Waals surface area contributed by atoms with E-state index in [1.807, 2.05) is 18.7 Å². The lowest BCUT2D eigenvalue weighted by atomic mass is 9.79. The molecule has 0 bridgehead atoms. The zero-order chi connectivity index (χ0) is 12.6. The molecular formula is C12H20BrN3O. The van der Waals surface area contributed by atoms with Gasteiger partial charge in [0.15, 0.2) is 0 Å². The Kier molecular flexibility index (Phi) is 3.61. The van der Waals surface area contributed by atoms with Crippen molar-refractivity contribution in [3.63, 3.8) is 0 Å². The second-order valence-corrected chi connectivity index (χ2v) is 5.91. The van der Waals surface area contributed by atoms with E-state index in [9.17, 15) is 5.11 Å². The van der Waals surface area contributed by atoms with Crippen molar-refractivity contribution in [3.8, 4) is 0 Å². The predicted molar refractivity (Wildman–Crippen MR) is 70.7 cm³/mol. The van der Waals surface area contributed by atoms with E-state index in [0.717, 1.165) is 41.5 Å². The maximum Gasteiger partial charge on any atom is 0.0738 e. The lowest BCUT2D eigenvalue weighted by Gasteiger charge is -2.31. The van der Waals surface area contributed by atoms with Crippen molar-refractivity contribution < 1.29 is 5.11 Å². The summed E-state index contributed by atoms with van der Waals surface area (Å²) in [5.74, 6) is 0. The van der Waals surface area contributed by atoms with Gasteiger partial charge >= 0.3 is 0 Å². The molecule has 0 radical (unpaired) electrons. The third-order valence-electron chi connectivity index (χ3n) is 4.05. The number of hydrogen-bond donors (Lipinski definition) is 2. The Morgan fingerprint density at radius 1 is 1.65 bits per heavy atom. The number of aliphatic hydroxyl groups is 1. The number of aliphatic hydroxyl groups excluding tert-OH is 1. The summed E-state index contributed by atoms with van der Waals surface area (Å²) in [4.78, 5) is 0. The first-order valence-electron chi connectivity index (χ1n) is 6.06. The summed E-state index contributed by atoms with van der Waals surface area (Å²) in [7, 11) is 1.94. The molecule has 5 heteroatoms. The first-order chi connectivity index (χ1) is 8.00. The van der Waals surface area contributed by atoms with Crippen LogP contribution in [0.15, 0.2) is 4.47 Å². The van der Waals surface area contributed by atoms with Crippen LogP contribution in [0.1, 0.15) is 30.7 Å². The number of halogens is 1. The van der Waals surface area contributed by atoms with Crippen molar-refractivity contribution in [2.24, 2.45) is 18.2 Å². The number of aryl methyl sites for hydroxylation is 2. The minimum Gasteiger partial charge on any atom is -0.392 e. The molecule has 1 aromatic heterocycles. The van der Waals surface area contributed by atoms with Crippen LogP contribution in [0, 0.1) is 12.3 Å². The van der Waals surface area contributed by atoms with Crippen LogP contribution < -0.4 is 5.73 Å². The molecule has 96 valence electrons. The molecule has 0 saturated heterocycles. The molecule has 1 fully saturated rings. The first-order valence-corrected chi connectivity index (χ1v) is 6.85. The molecule has 2 rings (SSSR count). The van der Waals surface area contributed by atoms with Crippen molar-refractivity contribution in [2.75, 3.05) is 6.54 Å². The van der Waals surface area contributed by atoms with E-state index in [1.165, 1.54) is 0 Å². The fourth-order valence-corrected chi connectivity index (χ4v) is 3.32. The maximum atomic E-state index is 10.2. The van der Waals surface area contributed by atoms with Gasteiger partial charge in [-0.25, -0.2) is 0 Å². The summed E-state index contributed by atoms with van der Waals surface area (Å²) in [6.07, 6.45) is 3.44. The Bertz CT molecular complexity index is 418. The minimum atomic E-state index is -0.283. The Hall–Kier alpha value is -0.390. The quantitative estimate of drug-likeness (QED) is 0.890. The summed E-state index contributed by atoms with van der Waals surface area (Å²) in [6.45, 7) is 2.51. The average molecular weight is 302 g/mol. The molecule has 1 heterocycles. The van der Waals surface area contributed by atoms with Crippen LogP contribution in [-0.4, -0.2) is 27.5 Å². The van der Waals surface area contributed by atoms with Crippen molar-refractivity contribution in [3.05, 3.63) is 15.9 Å². The second-order valence-electron chi connectivity index (χ2n) is 5.12. The monoisotopic (exact) mass is 301 g/mol. The summed E-state index contributed by atoms with van der Waals surface area (Å²) >= 11 is 3.58. The highest BCUT2D eigenvalue weighted by Gasteiger charge is 2.42. The van der Waals surface area contributed by atoms with Crippen LogP contribution >= 0.6 is 15.9 Å². The van der Waals surface area contributed by atoms with Crippen molar-refractivity contribution >= 4 is 15.9 Å². The molecule has 2 atom stereocenters. The molecule has 0 aliphatic heterocycles. The molecular weight excluding hydrogens is 282 g/mol. The van der Waals surface area contributed by atoms with Gasteiger partial charge in [-0.15, -0.1) is 0 Å². The molecule has 1 saturated carbocycles. The molecule has 17 heavy (non-hydrogen) atoms. The van der Waals surface area contributed by atoms with Gasteiger partial charge in [0, 0.05) is 19.0 Å². The highest BCUT2D eigenvalue weighted by atomic mass is 79.9. The van der Waals surface area contributed by atoms with Crippen LogP contribution in [0.25, 0.3) is 0 Å². The number of aromatic nitrogens is 2. The molecule has 0 aromatic carbocycles. The molecule has 1 aromatic rings. The Morgan fingerprint density at radius 2 is 2.35 bits per heavy atom. The van der Waals surface area contributed by atoms with E-state index in [1.54, 1.807) is 0 Å². The summed E-state index contributed by atoms with van der Waals surface area (Å²) < 4.78 is 2.94. The third-order valence-corrected chi connectivity index (χ3v) is 5.08. The molecule has 3 N–H and O–H groups in total. The standard InChI is InChI=1S/C12H20BrN3O/c1-8-11(13)9(16(2)15-8)6-12(7-14)5-3-4-10(12)17/h10,17H,3-7,14H2,1-2H3. The van der Waals surface area contributed by atoms with Gasteiger partial charge in [-0.3, -0.25) is 4.68 Å². The highest BCUT2D eigenvalue weighted by molar-refractivity contribution is 9.10. The van der Waals surface area contributed by atoms with Gasteiger partial charge in [0.1, 0.15) is 0 Å². The van der Waals surface area contributed by atoms with Crippen molar-refractivity contribution in [1.29, 1.82) is 0 Å². The number of hydrogen-bond acceptors (Lipinski definition) is 3. The lowest BCUT2D eigenvalue weighted by molar-refractivity contribution is 0.0573. The Morgan fingerprint density at radius 3 is 2.76 bits per heavy atom. The summed E-state index contributed by atoms with van der Waals surface area (Å²) in [5, 5.41) is 14.6. The fourth-order valence-electron chi connectivity index (χ4n) is 2.84. The van der Waals surface area contributed by atoms with Gasteiger partial charge in [0.05, 0.1) is 22.0 Å². The second kappa shape index (κ2) is 4.71. The topological polar surface area (TPSA) is 64.1 Å². The Balaban J connectivity index is 2.30. The zero-order valence-corrected chi connectivity index (χ0v) is 12.0. The number of rotatable bonds is 3. The van der Waals surface area contributed by atoms with E-state index in [4.69, 9.17) is 5.73 Å². The number of nitrogens with zero attached hydrogens (tertiary/aromatic N) is 2. The normalized spacial score (nSPS) is 28.9. The predicted octanol–water partition coefficient (Wildman–Crippen LogP) is 1.52. The highest BCUT2D eigenvalue weighted by Crippen LogP contribution is 2.41. The van der Waals surface area contributed by atoms with E-state index in [0.29, 0.717) is 6.54 Å². The SMILES string of the molecule is Cc1nn(C)c(CC2(CN)CCCC2O)c1Br. The number of nitrogens with two attached hydrogens (primary N) is 1. The largest absolute Gasteiger partial charge is 0.392 e. The maximum absolute atomic E-state index is 10.2. The molecule has 1 aliphatic rings. The van der Waals surface area contributed by atoms with E-state index >= 15 is 0 Å². The van der Waals surface area contributed by atoms with E-state index < -0.39 is 0 Å². The zero-order valence-electron chi connectivity index (χ0n) is 10.4. The molecule has 0 spiro atoms. The van der Waals surface area contributed by atoms with Crippen LogP contribution in [-0.2, 0) is 13.5 Å². The Labute approximate surface area is 110 Å². The van der Waals surface area contributed by atoms with Gasteiger partial charge in [-0.05, 0) is 42.1 Å².